The van der Waals surface area contributed by atoms with Crippen LogP contribution in [0.5, 0.6) is 5.75 Å². The third-order valence-corrected chi connectivity index (χ3v) is 4.57. The van der Waals surface area contributed by atoms with Gasteiger partial charge in [0.2, 0.25) is 0 Å². The van der Waals surface area contributed by atoms with Crippen LogP contribution in [0.15, 0.2) is 69.0 Å². The fourth-order valence-corrected chi connectivity index (χ4v) is 3.17. The highest BCUT2D eigenvalue weighted by molar-refractivity contribution is 5.83. The Hall–Kier alpha value is -4.01. The van der Waals surface area contributed by atoms with Crippen LogP contribution in [0.2, 0.25) is 0 Å². The van der Waals surface area contributed by atoms with Gasteiger partial charge in [0.25, 0.3) is 11.1 Å². The van der Waals surface area contributed by atoms with E-state index in [4.69, 9.17) is 0 Å². The molecule has 0 aliphatic heterocycles. The van der Waals surface area contributed by atoms with E-state index in [-0.39, 0.29) is 22.4 Å². The maximum absolute atomic E-state index is 13.4. The minimum atomic E-state index is -0.886. The average molecular weight is 397 g/mol. The largest absolute Gasteiger partial charge is 0.507 e. The zero-order valence-corrected chi connectivity index (χ0v) is 15.0. The van der Waals surface area contributed by atoms with Gasteiger partial charge in [0.15, 0.2) is 0 Å². The van der Waals surface area contributed by atoms with Crippen molar-refractivity contribution >= 4 is 11.0 Å². The predicted molar refractivity (Wildman–Crippen MR) is 102 cm³/mol. The smallest absolute Gasteiger partial charge is 0.341 e. The lowest BCUT2D eigenvalue weighted by atomic mass is 10.2. The summed E-state index contributed by atoms with van der Waals surface area (Å²) in [4.78, 5) is 38.6. The monoisotopic (exact) mass is 397 g/mol. The first kappa shape index (κ1) is 18.4. The molecule has 0 atom stereocenters. The maximum Gasteiger partial charge on any atom is 0.341 e. The molecule has 0 spiro atoms. The van der Waals surface area contributed by atoms with Crippen LogP contribution in [0, 0.1) is 11.6 Å². The molecular weight excluding hydrogens is 384 g/mol. The molecule has 7 nitrogen and oxygen atoms in total. The van der Waals surface area contributed by atoms with Crippen LogP contribution in [0.4, 0.5) is 8.78 Å². The van der Waals surface area contributed by atoms with Gasteiger partial charge in [-0.2, -0.15) is 0 Å². The number of rotatable bonds is 2. The normalized spacial score (nSPS) is 11.1. The van der Waals surface area contributed by atoms with Crippen LogP contribution in [0.3, 0.4) is 0 Å². The number of aryl methyl sites for hydroxylation is 1. The van der Waals surface area contributed by atoms with E-state index in [0.29, 0.717) is 0 Å². The standard InChI is InChI=1S/C20H13F2N3O4/c1-23-16(27)10-15(26)17-18(23)24(13-6-2-11(21)3-7-13)20(29)25(19(17)28)14-8-4-12(22)5-9-14/h2-10,26H,1H3. The molecule has 0 amide bonds. The van der Waals surface area contributed by atoms with E-state index in [1.807, 2.05) is 0 Å². The highest BCUT2D eigenvalue weighted by Crippen LogP contribution is 2.21. The molecule has 0 saturated heterocycles. The number of hydrogen-bond acceptors (Lipinski definition) is 4. The van der Waals surface area contributed by atoms with Gasteiger partial charge >= 0.3 is 5.69 Å². The van der Waals surface area contributed by atoms with Gasteiger partial charge in [0.05, 0.1) is 11.4 Å². The van der Waals surface area contributed by atoms with E-state index < -0.39 is 34.2 Å². The molecule has 0 fully saturated rings. The molecule has 4 rings (SSSR count). The SMILES string of the molecule is Cn1c(=O)cc(O)c2c(=O)n(-c3ccc(F)cc3)c(=O)n(-c3ccc(F)cc3)c21. The number of hydrogen-bond donors (Lipinski definition) is 1. The number of benzene rings is 2. The Morgan fingerprint density at radius 3 is 1.79 bits per heavy atom. The van der Waals surface area contributed by atoms with Crippen molar-refractivity contribution in [3.8, 4) is 17.1 Å². The summed E-state index contributed by atoms with van der Waals surface area (Å²) in [5.74, 6) is -1.72. The number of halogens is 2. The van der Waals surface area contributed by atoms with E-state index in [9.17, 15) is 28.3 Å². The molecule has 2 heterocycles. The number of aromatic hydroxyl groups is 1. The average Bonchev–Trinajstić information content (AvgIpc) is 2.68. The molecule has 146 valence electrons. The van der Waals surface area contributed by atoms with Crippen molar-refractivity contribution in [2.24, 2.45) is 7.05 Å². The molecule has 0 aliphatic carbocycles. The Balaban J connectivity index is 2.27. The molecule has 0 bridgehead atoms. The summed E-state index contributed by atoms with van der Waals surface area (Å²) in [5.41, 5.74) is -2.34. The molecule has 9 heteroatoms. The summed E-state index contributed by atoms with van der Waals surface area (Å²) in [7, 11) is 1.34. The second-order valence-corrected chi connectivity index (χ2v) is 6.34. The summed E-state index contributed by atoms with van der Waals surface area (Å²) in [5, 5.41) is 10.0. The number of aromatic nitrogens is 3. The van der Waals surface area contributed by atoms with Crippen molar-refractivity contribution in [3.05, 3.63) is 97.4 Å². The minimum absolute atomic E-state index is 0.0624. The van der Waals surface area contributed by atoms with Crippen LogP contribution in [-0.4, -0.2) is 18.8 Å². The Bertz CT molecular complexity index is 1430. The van der Waals surface area contributed by atoms with E-state index >= 15 is 0 Å². The van der Waals surface area contributed by atoms with E-state index in [1.165, 1.54) is 31.3 Å². The second kappa shape index (κ2) is 6.55. The highest BCUT2D eigenvalue weighted by Gasteiger charge is 2.21. The van der Waals surface area contributed by atoms with Gasteiger partial charge in [-0.15, -0.1) is 0 Å². The highest BCUT2D eigenvalue weighted by atomic mass is 19.1. The van der Waals surface area contributed by atoms with Crippen molar-refractivity contribution in [1.82, 2.24) is 13.7 Å². The van der Waals surface area contributed by atoms with E-state index in [1.54, 1.807) is 0 Å². The Labute approximate surface area is 160 Å². The molecule has 0 unspecified atom stereocenters. The molecule has 0 saturated carbocycles. The summed E-state index contributed by atoms with van der Waals surface area (Å²) >= 11 is 0. The fraction of sp³-hybridized carbons (Fsp3) is 0.0500. The van der Waals surface area contributed by atoms with E-state index in [0.717, 1.165) is 44.0 Å². The van der Waals surface area contributed by atoms with Gasteiger partial charge in [0.1, 0.15) is 28.4 Å². The quantitative estimate of drug-likeness (QED) is 0.559. The number of pyridine rings is 1. The fourth-order valence-electron chi connectivity index (χ4n) is 3.17. The zero-order chi connectivity index (χ0) is 20.9. The van der Waals surface area contributed by atoms with E-state index in [2.05, 4.69) is 0 Å². The number of fused-ring (bicyclic) bond motifs is 1. The predicted octanol–water partition coefficient (Wildman–Crippen LogP) is 1.82. The lowest BCUT2D eigenvalue weighted by molar-refractivity contribution is 0.478. The van der Waals surface area contributed by atoms with Gasteiger partial charge in [-0.25, -0.2) is 22.7 Å². The van der Waals surface area contributed by atoms with Crippen LogP contribution in [-0.2, 0) is 7.05 Å². The van der Waals surface area contributed by atoms with Crippen molar-refractivity contribution in [2.45, 2.75) is 0 Å². The lowest BCUT2D eigenvalue weighted by Crippen LogP contribution is -2.40. The van der Waals surface area contributed by atoms with Crippen molar-refractivity contribution < 1.29 is 13.9 Å². The first-order valence-electron chi connectivity index (χ1n) is 8.42. The molecule has 0 radical (unpaired) electrons. The molecular formula is C20H13F2N3O4. The van der Waals surface area contributed by atoms with Gasteiger partial charge in [-0.3, -0.25) is 14.2 Å². The summed E-state index contributed by atoms with van der Waals surface area (Å²) < 4.78 is 29.5. The lowest BCUT2D eigenvalue weighted by Gasteiger charge is -2.17. The molecule has 4 aromatic rings. The Morgan fingerprint density at radius 2 is 1.28 bits per heavy atom. The summed E-state index contributed by atoms with van der Waals surface area (Å²) in [6.07, 6.45) is 0. The van der Waals surface area contributed by atoms with Crippen LogP contribution >= 0.6 is 0 Å². The van der Waals surface area contributed by atoms with Gasteiger partial charge in [-0.05, 0) is 48.5 Å². The summed E-state index contributed by atoms with van der Waals surface area (Å²) in [6, 6.07) is 10.3. The Kier molecular flexibility index (Phi) is 4.15. The second-order valence-electron chi connectivity index (χ2n) is 6.34. The van der Waals surface area contributed by atoms with Gasteiger partial charge in [-0.1, -0.05) is 0 Å². The van der Waals surface area contributed by atoms with Crippen molar-refractivity contribution in [1.29, 1.82) is 0 Å². The number of nitrogens with zero attached hydrogens (tertiary/aromatic N) is 3. The molecule has 29 heavy (non-hydrogen) atoms. The van der Waals surface area contributed by atoms with Crippen LogP contribution in [0.1, 0.15) is 0 Å². The van der Waals surface area contributed by atoms with Gasteiger partial charge < -0.3 is 5.11 Å². The Morgan fingerprint density at radius 1 is 0.793 bits per heavy atom. The first-order valence-corrected chi connectivity index (χ1v) is 8.42. The first-order chi connectivity index (χ1) is 13.8. The van der Waals surface area contributed by atoms with Crippen LogP contribution in [0.25, 0.3) is 22.4 Å². The van der Waals surface area contributed by atoms with Crippen LogP contribution < -0.4 is 16.8 Å². The van der Waals surface area contributed by atoms with Gasteiger partial charge in [0, 0.05) is 13.1 Å². The molecule has 1 N–H and O–H groups in total. The minimum Gasteiger partial charge on any atom is -0.507 e. The molecule has 0 aliphatic rings. The third kappa shape index (κ3) is 2.83. The molecule has 2 aromatic carbocycles. The molecule has 2 aromatic heterocycles. The zero-order valence-electron chi connectivity index (χ0n) is 15.0. The van der Waals surface area contributed by atoms with Crippen molar-refractivity contribution in [2.75, 3.05) is 0 Å². The summed E-state index contributed by atoms with van der Waals surface area (Å²) in [6.45, 7) is 0. The third-order valence-electron chi connectivity index (χ3n) is 4.57. The van der Waals surface area contributed by atoms with Crippen molar-refractivity contribution in [3.63, 3.8) is 0 Å². The maximum atomic E-state index is 13.4. The topological polar surface area (TPSA) is 86.2 Å².